The van der Waals surface area contributed by atoms with Crippen molar-refractivity contribution in [2.45, 2.75) is 30.7 Å². The molecule has 0 aliphatic carbocycles. The van der Waals surface area contributed by atoms with Gasteiger partial charge in [0.15, 0.2) is 0 Å². The van der Waals surface area contributed by atoms with Crippen LogP contribution in [0.1, 0.15) is 19.8 Å². The van der Waals surface area contributed by atoms with Crippen LogP contribution in [0.5, 0.6) is 0 Å². The molecule has 1 aromatic rings. The lowest BCUT2D eigenvalue weighted by atomic mass is 10.3. The molecule has 7 heteroatoms. The average molecular weight is 365 g/mol. The number of halogens is 2. The fourth-order valence-electron chi connectivity index (χ4n) is 2.31. The first-order valence-corrected chi connectivity index (χ1v) is 8.86. The van der Waals surface area contributed by atoms with Crippen LogP contribution in [0.2, 0.25) is 0 Å². The number of benzene rings is 1. The lowest BCUT2D eigenvalue weighted by molar-refractivity contribution is 0.260. The predicted molar refractivity (Wildman–Crippen MR) is 79.6 cm³/mol. The molecular formula is C13H18BrFN2O2S. The van der Waals surface area contributed by atoms with Gasteiger partial charge in [0.1, 0.15) is 5.82 Å². The Morgan fingerprint density at radius 1 is 1.40 bits per heavy atom. The zero-order chi connectivity index (χ0) is 14.8. The highest BCUT2D eigenvalue weighted by Gasteiger charge is 2.22. The summed E-state index contributed by atoms with van der Waals surface area (Å²) < 4.78 is 40.2. The van der Waals surface area contributed by atoms with Crippen LogP contribution < -0.4 is 4.72 Å². The van der Waals surface area contributed by atoms with Crippen molar-refractivity contribution >= 4 is 26.0 Å². The second-order valence-corrected chi connectivity index (χ2v) is 7.61. The molecule has 1 fully saturated rings. The molecule has 1 aliphatic rings. The highest BCUT2D eigenvalue weighted by atomic mass is 79.9. The van der Waals surface area contributed by atoms with E-state index in [4.69, 9.17) is 0 Å². The van der Waals surface area contributed by atoms with Crippen LogP contribution in [0.15, 0.2) is 27.6 Å². The molecule has 4 nitrogen and oxygen atoms in total. The summed E-state index contributed by atoms with van der Waals surface area (Å²) in [6.45, 7) is 4.39. The Labute approximate surface area is 127 Å². The third kappa shape index (κ3) is 3.78. The number of sulfonamides is 1. The maximum atomic E-state index is 13.0. The first kappa shape index (κ1) is 15.9. The van der Waals surface area contributed by atoms with Crippen LogP contribution in [0.3, 0.4) is 0 Å². The Kier molecular flexibility index (Phi) is 5.17. The third-order valence-corrected chi connectivity index (χ3v) is 5.92. The summed E-state index contributed by atoms with van der Waals surface area (Å²) in [6.07, 6.45) is 2.33. The minimum absolute atomic E-state index is 0.0625. The fraction of sp³-hybridized carbons (Fsp3) is 0.538. The van der Waals surface area contributed by atoms with E-state index < -0.39 is 15.8 Å². The van der Waals surface area contributed by atoms with Crippen molar-refractivity contribution in [1.82, 2.24) is 9.62 Å². The smallest absolute Gasteiger partial charge is 0.241 e. The molecule has 112 valence electrons. The van der Waals surface area contributed by atoms with Crippen LogP contribution >= 0.6 is 15.9 Å². The lowest BCUT2D eigenvalue weighted by Crippen LogP contribution is -2.40. The number of hydrogen-bond donors (Lipinski definition) is 1. The van der Waals surface area contributed by atoms with Gasteiger partial charge in [-0.05, 0) is 67.0 Å². The summed E-state index contributed by atoms with van der Waals surface area (Å²) >= 11 is 3.09. The van der Waals surface area contributed by atoms with Gasteiger partial charge in [-0.25, -0.2) is 17.5 Å². The number of likely N-dealkylation sites (tertiary alicyclic amines) is 1. The minimum Gasteiger partial charge on any atom is -0.299 e. The van der Waals surface area contributed by atoms with E-state index in [0.29, 0.717) is 6.54 Å². The predicted octanol–water partition coefficient (Wildman–Crippen LogP) is 2.35. The maximum Gasteiger partial charge on any atom is 0.241 e. The Morgan fingerprint density at radius 3 is 2.65 bits per heavy atom. The highest BCUT2D eigenvalue weighted by molar-refractivity contribution is 9.10. The lowest BCUT2D eigenvalue weighted by Gasteiger charge is -2.23. The molecule has 1 atom stereocenters. The molecule has 1 heterocycles. The van der Waals surface area contributed by atoms with Crippen LogP contribution in [0.25, 0.3) is 0 Å². The molecule has 1 N–H and O–H groups in total. The van der Waals surface area contributed by atoms with Crippen molar-refractivity contribution < 1.29 is 12.8 Å². The molecule has 0 aromatic heterocycles. The van der Waals surface area contributed by atoms with Gasteiger partial charge < -0.3 is 0 Å². The van der Waals surface area contributed by atoms with Crippen molar-refractivity contribution in [1.29, 1.82) is 0 Å². The number of nitrogens with one attached hydrogen (secondary N) is 1. The van der Waals surface area contributed by atoms with Crippen LogP contribution in [-0.4, -0.2) is 39.0 Å². The molecule has 0 saturated carbocycles. The quantitative estimate of drug-likeness (QED) is 0.872. The minimum atomic E-state index is -3.62. The van der Waals surface area contributed by atoms with Gasteiger partial charge in [-0.3, -0.25) is 4.90 Å². The van der Waals surface area contributed by atoms with Gasteiger partial charge in [0, 0.05) is 17.1 Å². The number of hydrogen-bond acceptors (Lipinski definition) is 3. The molecule has 1 aromatic carbocycles. The van der Waals surface area contributed by atoms with Crippen LogP contribution in [0.4, 0.5) is 4.39 Å². The zero-order valence-corrected chi connectivity index (χ0v) is 13.7. The monoisotopic (exact) mass is 364 g/mol. The second-order valence-electron chi connectivity index (χ2n) is 5.02. The van der Waals surface area contributed by atoms with E-state index in [0.717, 1.165) is 25.2 Å². The van der Waals surface area contributed by atoms with Gasteiger partial charge in [-0.1, -0.05) is 0 Å². The van der Waals surface area contributed by atoms with Gasteiger partial charge >= 0.3 is 0 Å². The van der Waals surface area contributed by atoms with Crippen molar-refractivity contribution in [2.75, 3.05) is 19.6 Å². The van der Waals surface area contributed by atoms with E-state index in [-0.39, 0.29) is 15.4 Å². The van der Waals surface area contributed by atoms with Gasteiger partial charge in [0.25, 0.3) is 0 Å². The molecule has 0 spiro atoms. The van der Waals surface area contributed by atoms with Crippen molar-refractivity contribution in [3.05, 3.63) is 28.5 Å². The SMILES string of the molecule is CC(CNS(=O)(=O)c1ccc(F)cc1Br)N1CCCC1. The second kappa shape index (κ2) is 6.51. The first-order chi connectivity index (χ1) is 9.40. The standard InChI is InChI=1S/C13H18BrFN2O2S/c1-10(17-6-2-3-7-17)9-16-20(18,19)13-5-4-11(15)8-12(13)14/h4-5,8,10,16H,2-3,6-7,9H2,1H3. The van der Waals surface area contributed by atoms with E-state index in [1.54, 1.807) is 0 Å². The van der Waals surface area contributed by atoms with E-state index in [1.165, 1.54) is 18.9 Å². The molecule has 1 aliphatic heterocycles. The molecular weight excluding hydrogens is 347 g/mol. The summed E-state index contributed by atoms with van der Waals surface area (Å²) in [7, 11) is -3.62. The average Bonchev–Trinajstić information content (AvgIpc) is 2.89. The molecule has 20 heavy (non-hydrogen) atoms. The Hall–Kier alpha value is -0.500. The summed E-state index contributed by atoms with van der Waals surface area (Å²) in [5, 5.41) is 0. The van der Waals surface area contributed by atoms with Crippen LogP contribution in [0, 0.1) is 5.82 Å². The van der Waals surface area contributed by atoms with Gasteiger partial charge in [-0.2, -0.15) is 0 Å². The number of rotatable bonds is 5. The van der Waals surface area contributed by atoms with Crippen molar-refractivity contribution in [3.8, 4) is 0 Å². The fourth-order valence-corrected chi connectivity index (χ4v) is 4.48. The maximum absolute atomic E-state index is 13.0. The van der Waals surface area contributed by atoms with E-state index in [2.05, 4.69) is 25.6 Å². The summed E-state index contributed by atoms with van der Waals surface area (Å²) in [6, 6.07) is 3.72. The summed E-state index contributed by atoms with van der Waals surface area (Å²) in [4.78, 5) is 2.33. The van der Waals surface area contributed by atoms with E-state index in [1.807, 2.05) is 6.92 Å². The molecule has 1 saturated heterocycles. The summed E-state index contributed by atoms with van der Waals surface area (Å²) in [5.74, 6) is -0.471. The van der Waals surface area contributed by atoms with Gasteiger partial charge in [-0.15, -0.1) is 0 Å². The van der Waals surface area contributed by atoms with E-state index >= 15 is 0 Å². The molecule has 0 radical (unpaired) electrons. The van der Waals surface area contributed by atoms with Crippen molar-refractivity contribution in [3.63, 3.8) is 0 Å². The van der Waals surface area contributed by atoms with Crippen molar-refractivity contribution in [2.24, 2.45) is 0 Å². The summed E-state index contributed by atoms with van der Waals surface area (Å²) in [5.41, 5.74) is 0. The van der Waals surface area contributed by atoms with Crippen LogP contribution in [-0.2, 0) is 10.0 Å². The van der Waals surface area contributed by atoms with Gasteiger partial charge in [0.2, 0.25) is 10.0 Å². The Bertz CT molecular complexity index is 574. The highest BCUT2D eigenvalue weighted by Crippen LogP contribution is 2.22. The largest absolute Gasteiger partial charge is 0.299 e. The zero-order valence-electron chi connectivity index (χ0n) is 11.3. The first-order valence-electron chi connectivity index (χ1n) is 6.59. The Morgan fingerprint density at radius 2 is 2.05 bits per heavy atom. The topological polar surface area (TPSA) is 49.4 Å². The molecule has 0 amide bonds. The normalized spacial score (nSPS) is 18.4. The molecule has 1 unspecified atom stereocenters. The molecule has 0 bridgehead atoms. The molecule has 2 rings (SSSR count). The van der Waals surface area contributed by atoms with Gasteiger partial charge in [0.05, 0.1) is 4.90 Å². The Balaban J connectivity index is 2.03. The van der Waals surface area contributed by atoms with E-state index in [9.17, 15) is 12.8 Å². The third-order valence-electron chi connectivity index (χ3n) is 3.52. The number of nitrogens with zero attached hydrogens (tertiary/aromatic N) is 1.